The van der Waals surface area contributed by atoms with E-state index < -0.39 is 4.92 Å². The first-order valence-electron chi connectivity index (χ1n) is 8.14. The molecule has 1 amide bonds. The van der Waals surface area contributed by atoms with Crippen molar-refractivity contribution in [2.24, 2.45) is 0 Å². The SMILES string of the molecule is CC(C)(C)NC(=O)CSc1nnc2ccc(-c3cccc([N+](=O)[O-])c3)nn12. The Kier molecular flexibility index (Phi) is 5.08. The van der Waals surface area contributed by atoms with Gasteiger partial charge in [0.15, 0.2) is 5.65 Å². The predicted octanol–water partition coefficient (Wildman–Crippen LogP) is 2.71. The molecule has 1 N–H and O–H groups in total. The van der Waals surface area contributed by atoms with E-state index in [1.165, 1.54) is 28.4 Å². The van der Waals surface area contributed by atoms with Crippen LogP contribution in [0, 0.1) is 10.1 Å². The maximum absolute atomic E-state index is 12.0. The molecule has 2 aromatic heterocycles. The van der Waals surface area contributed by atoms with Gasteiger partial charge < -0.3 is 5.32 Å². The normalized spacial score (nSPS) is 11.5. The molecule has 0 aliphatic carbocycles. The highest BCUT2D eigenvalue weighted by Crippen LogP contribution is 2.24. The van der Waals surface area contributed by atoms with Gasteiger partial charge in [-0.25, -0.2) is 0 Å². The van der Waals surface area contributed by atoms with E-state index in [4.69, 9.17) is 0 Å². The van der Waals surface area contributed by atoms with Crippen LogP contribution in [0.4, 0.5) is 5.69 Å². The van der Waals surface area contributed by atoms with Crippen molar-refractivity contribution in [1.82, 2.24) is 25.1 Å². The zero-order valence-electron chi connectivity index (χ0n) is 15.0. The smallest absolute Gasteiger partial charge is 0.270 e. The summed E-state index contributed by atoms with van der Waals surface area (Å²) in [6.45, 7) is 5.73. The second-order valence-electron chi connectivity index (χ2n) is 6.87. The fraction of sp³-hybridized carbons (Fsp3) is 0.294. The minimum atomic E-state index is -0.448. The topological polar surface area (TPSA) is 115 Å². The number of nitro groups is 1. The Labute approximate surface area is 159 Å². The summed E-state index contributed by atoms with van der Waals surface area (Å²) >= 11 is 1.22. The van der Waals surface area contributed by atoms with E-state index in [1.807, 2.05) is 20.8 Å². The van der Waals surface area contributed by atoms with Crippen LogP contribution in [-0.2, 0) is 4.79 Å². The highest BCUT2D eigenvalue weighted by Gasteiger charge is 2.16. The molecule has 0 aliphatic heterocycles. The molecule has 0 saturated carbocycles. The Morgan fingerprint density at radius 3 is 2.74 bits per heavy atom. The van der Waals surface area contributed by atoms with E-state index in [1.54, 1.807) is 24.3 Å². The van der Waals surface area contributed by atoms with E-state index in [9.17, 15) is 14.9 Å². The zero-order chi connectivity index (χ0) is 19.6. The summed E-state index contributed by atoms with van der Waals surface area (Å²) in [6, 6.07) is 9.70. The lowest BCUT2D eigenvalue weighted by Crippen LogP contribution is -2.41. The molecule has 0 fully saturated rings. The molecule has 0 aliphatic rings. The van der Waals surface area contributed by atoms with Crippen molar-refractivity contribution in [3.05, 3.63) is 46.5 Å². The van der Waals surface area contributed by atoms with Gasteiger partial charge in [-0.3, -0.25) is 14.9 Å². The largest absolute Gasteiger partial charge is 0.351 e. The number of rotatable bonds is 5. The van der Waals surface area contributed by atoms with Gasteiger partial charge in [0.1, 0.15) is 0 Å². The molecule has 27 heavy (non-hydrogen) atoms. The molecule has 3 rings (SSSR count). The summed E-state index contributed by atoms with van der Waals surface area (Å²) in [5, 5.41) is 26.9. The summed E-state index contributed by atoms with van der Waals surface area (Å²) < 4.78 is 1.53. The van der Waals surface area contributed by atoms with Crippen molar-refractivity contribution >= 4 is 29.0 Å². The van der Waals surface area contributed by atoms with Crippen LogP contribution in [0.15, 0.2) is 41.6 Å². The molecule has 0 bridgehead atoms. The average Bonchev–Trinajstić information content (AvgIpc) is 3.01. The molecule has 140 valence electrons. The molecular weight excluding hydrogens is 368 g/mol. The van der Waals surface area contributed by atoms with Gasteiger partial charge in [-0.2, -0.15) is 9.61 Å². The summed E-state index contributed by atoms with van der Waals surface area (Å²) in [7, 11) is 0. The van der Waals surface area contributed by atoms with Gasteiger partial charge in [-0.1, -0.05) is 23.9 Å². The first kappa shape index (κ1) is 18.8. The first-order valence-corrected chi connectivity index (χ1v) is 9.12. The van der Waals surface area contributed by atoms with Crippen molar-refractivity contribution in [2.45, 2.75) is 31.5 Å². The number of nitrogens with one attached hydrogen (secondary N) is 1. The Morgan fingerprint density at radius 2 is 2.04 bits per heavy atom. The standard InChI is InChI=1S/C17H18N6O3S/c1-17(2,3)18-15(24)10-27-16-20-19-14-8-7-13(21-22(14)16)11-5-4-6-12(9-11)23(25)26/h4-9H,10H2,1-3H3,(H,18,24). The second kappa shape index (κ2) is 7.31. The molecule has 0 atom stereocenters. The number of carbonyl (C=O) groups excluding carboxylic acids is 1. The van der Waals surface area contributed by atoms with Gasteiger partial charge in [0.05, 0.1) is 16.4 Å². The number of nitro benzene ring substituents is 1. The number of nitrogens with zero attached hydrogens (tertiary/aromatic N) is 5. The summed E-state index contributed by atoms with van der Waals surface area (Å²) in [4.78, 5) is 22.5. The maximum Gasteiger partial charge on any atom is 0.270 e. The van der Waals surface area contributed by atoms with Crippen molar-refractivity contribution in [3.63, 3.8) is 0 Å². The minimum absolute atomic E-state index is 0.00778. The molecule has 3 aromatic rings. The Bertz CT molecular complexity index is 1010. The van der Waals surface area contributed by atoms with Crippen molar-refractivity contribution in [3.8, 4) is 11.3 Å². The molecule has 0 saturated heterocycles. The number of hydrogen-bond acceptors (Lipinski definition) is 7. The number of benzene rings is 1. The van der Waals surface area contributed by atoms with Crippen molar-refractivity contribution < 1.29 is 9.72 Å². The molecule has 0 spiro atoms. The lowest BCUT2D eigenvalue weighted by molar-refractivity contribution is -0.384. The number of non-ortho nitro benzene ring substituents is 1. The second-order valence-corrected chi connectivity index (χ2v) is 7.81. The van der Waals surface area contributed by atoms with E-state index in [2.05, 4.69) is 20.6 Å². The molecule has 10 heteroatoms. The van der Waals surface area contributed by atoms with Crippen molar-refractivity contribution in [1.29, 1.82) is 0 Å². The maximum atomic E-state index is 12.0. The van der Waals surface area contributed by atoms with Crippen LogP contribution >= 0.6 is 11.8 Å². The van der Waals surface area contributed by atoms with E-state index in [0.29, 0.717) is 22.1 Å². The van der Waals surface area contributed by atoms with E-state index in [-0.39, 0.29) is 22.9 Å². The highest BCUT2D eigenvalue weighted by molar-refractivity contribution is 7.99. The van der Waals surface area contributed by atoms with Crippen LogP contribution in [-0.4, -0.2) is 41.9 Å². The van der Waals surface area contributed by atoms with Crippen LogP contribution in [0.5, 0.6) is 0 Å². The predicted molar refractivity (Wildman–Crippen MR) is 101 cm³/mol. The summed E-state index contributed by atoms with van der Waals surface area (Å²) in [6.07, 6.45) is 0. The third-order valence-corrected chi connectivity index (χ3v) is 4.35. The van der Waals surface area contributed by atoms with E-state index >= 15 is 0 Å². The fourth-order valence-electron chi connectivity index (χ4n) is 2.38. The third-order valence-electron chi connectivity index (χ3n) is 3.43. The summed E-state index contributed by atoms with van der Waals surface area (Å²) in [5.74, 6) is 0.0694. The van der Waals surface area contributed by atoms with Gasteiger partial charge >= 0.3 is 0 Å². The molecule has 0 unspecified atom stereocenters. The van der Waals surface area contributed by atoms with Gasteiger partial charge in [0.2, 0.25) is 11.1 Å². The Morgan fingerprint density at radius 1 is 1.26 bits per heavy atom. The molecule has 1 aromatic carbocycles. The quantitative estimate of drug-likeness (QED) is 0.407. The molecule has 0 radical (unpaired) electrons. The number of aromatic nitrogens is 4. The Hall–Kier alpha value is -3.01. The van der Waals surface area contributed by atoms with E-state index in [0.717, 1.165) is 0 Å². The monoisotopic (exact) mass is 386 g/mol. The minimum Gasteiger partial charge on any atom is -0.351 e. The number of thioether (sulfide) groups is 1. The molecular formula is C17H18N6O3S. The first-order chi connectivity index (χ1) is 12.7. The third kappa shape index (κ3) is 4.59. The fourth-order valence-corrected chi connectivity index (χ4v) is 3.06. The lowest BCUT2D eigenvalue weighted by Gasteiger charge is -2.20. The highest BCUT2D eigenvalue weighted by atomic mass is 32.2. The number of fused-ring (bicyclic) bond motifs is 1. The molecule has 9 nitrogen and oxygen atoms in total. The number of carbonyl (C=O) groups is 1. The van der Waals surface area contributed by atoms with Crippen LogP contribution in [0.1, 0.15) is 20.8 Å². The number of amides is 1. The van der Waals surface area contributed by atoms with Crippen LogP contribution in [0.3, 0.4) is 0 Å². The summed E-state index contributed by atoms with van der Waals surface area (Å²) in [5.41, 5.74) is 1.38. The average molecular weight is 386 g/mol. The number of hydrogen-bond donors (Lipinski definition) is 1. The van der Waals surface area contributed by atoms with Crippen LogP contribution in [0.2, 0.25) is 0 Å². The Balaban J connectivity index is 1.85. The van der Waals surface area contributed by atoms with Gasteiger partial charge in [0, 0.05) is 23.2 Å². The van der Waals surface area contributed by atoms with Gasteiger partial charge in [-0.05, 0) is 32.9 Å². The van der Waals surface area contributed by atoms with Crippen LogP contribution in [0.25, 0.3) is 16.9 Å². The zero-order valence-corrected chi connectivity index (χ0v) is 15.9. The van der Waals surface area contributed by atoms with Crippen molar-refractivity contribution in [2.75, 3.05) is 5.75 Å². The van der Waals surface area contributed by atoms with Gasteiger partial charge in [0.25, 0.3) is 5.69 Å². The van der Waals surface area contributed by atoms with Gasteiger partial charge in [-0.15, -0.1) is 10.2 Å². The lowest BCUT2D eigenvalue weighted by atomic mass is 10.1. The molecule has 2 heterocycles. The van der Waals surface area contributed by atoms with Crippen LogP contribution < -0.4 is 5.32 Å².